The minimum absolute atomic E-state index is 0.535. The highest BCUT2D eigenvalue weighted by Gasteiger charge is 2.11. The van der Waals surface area contributed by atoms with Crippen molar-refractivity contribution in [2.24, 2.45) is 0 Å². The Morgan fingerprint density at radius 3 is 2.33 bits per heavy atom. The van der Waals surface area contributed by atoms with Crippen LogP contribution in [0.2, 0.25) is 0 Å². The summed E-state index contributed by atoms with van der Waals surface area (Å²) in [6.45, 7) is 12.7. The van der Waals surface area contributed by atoms with Crippen molar-refractivity contribution < 1.29 is 0 Å². The van der Waals surface area contributed by atoms with Crippen LogP contribution in [0.1, 0.15) is 37.2 Å². The molecule has 3 heteroatoms. The summed E-state index contributed by atoms with van der Waals surface area (Å²) in [6, 6.07) is 0.535. The van der Waals surface area contributed by atoms with Crippen molar-refractivity contribution in [1.82, 2.24) is 15.1 Å². The SMILES string of the molecule is CCNC(CC)Cn1nc(C)c(C)c1C. The van der Waals surface area contributed by atoms with E-state index in [1.54, 1.807) is 0 Å². The topological polar surface area (TPSA) is 29.9 Å². The fourth-order valence-electron chi connectivity index (χ4n) is 1.80. The summed E-state index contributed by atoms with van der Waals surface area (Å²) in [5.41, 5.74) is 3.77. The molecule has 0 saturated carbocycles. The number of hydrogen-bond donors (Lipinski definition) is 1. The van der Waals surface area contributed by atoms with Gasteiger partial charge in [0.05, 0.1) is 12.2 Å². The zero-order chi connectivity index (χ0) is 11.4. The van der Waals surface area contributed by atoms with Crippen molar-refractivity contribution >= 4 is 0 Å². The van der Waals surface area contributed by atoms with E-state index >= 15 is 0 Å². The third kappa shape index (κ3) is 2.81. The van der Waals surface area contributed by atoms with Gasteiger partial charge < -0.3 is 5.32 Å². The van der Waals surface area contributed by atoms with Gasteiger partial charge in [0.25, 0.3) is 0 Å². The maximum Gasteiger partial charge on any atom is 0.0625 e. The van der Waals surface area contributed by atoms with Gasteiger partial charge in [-0.05, 0) is 39.3 Å². The first-order chi connectivity index (χ1) is 7.10. The lowest BCUT2D eigenvalue weighted by molar-refractivity contribution is 0.418. The Kier molecular flexibility index (Phi) is 4.33. The molecule has 0 radical (unpaired) electrons. The molecule has 1 aromatic heterocycles. The van der Waals surface area contributed by atoms with Gasteiger partial charge in [0.1, 0.15) is 0 Å². The number of aromatic nitrogens is 2. The Labute approximate surface area is 92.9 Å². The van der Waals surface area contributed by atoms with Crippen molar-refractivity contribution in [3.05, 3.63) is 17.0 Å². The van der Waals surface area contributed by atoms with Gasteiger partial charge >= 0.3 is 0 Å². The van der Waals surface area contributed by atoms with Gasteiger partial charge in [-0.15, -0.1) is 0 Å². The molecule has 0 aliphatic rings. The molecule has 0 bridgehead atoms. The Morgan fingerprint density at radius 1 is 1.27 bits per heavy atom. The number of hydrogen-bond acceptors (Lipinski definition) is 2. The average molecular weight is 209 g/mol. The van der Waals surface area contributed by atoms with Gasteiger partial charge in [0.2, 0.25) is 0 Å². The molecule has 0 spiro atoms. The monoisotopic (exact) mass is 209 g/mol. The largest absolute Gasteiger partial charge is 0.312 e. The molecule has 0 saturated heterocycles. The van der Waals surface area contributed by atoms with Gasteiger partial charge in [-0.2, -0.15) is 5.10 Å². The second-order valence-corrected chi connectivity index (χ2v) is 4.14. The van der Waals surface area contributed by atoms with Gasteiger partial charge in [0, 0.05) is 11.7 Å². The molecule has 0 fully saturated rings. The quantitative estimate of drug-likeness (QED) is 0.805. The molecular formula is C12H23N3. The summed E-state index contributed by atoms with van der Waals surface area (Å²) in [6.07, 6.45) is 1.14. The van der Waals surface area contributed by atoms with Gasteiger partial charge in [0.15, 0.2) is 0 Å². The van der Waals surface area contributed by atoms with Crippen LogP contribution in [0.5, 0.6) is 0 Å². The number of aryl methyl sites for hydroxylation is 1. The van der Waals surface area contributed by atoms with E-state index in [-0.39, 0.29) is 0 Å². The van der Waals surface area contributed by atoms with Crippen molar-refractivity contribution in [2.45, 2.75) is 53.6 Å². The number of likely N-dealkylation sites (N-methyl/N-ethyl adjacent to an activating group) is 1. The number of nitrogens with one attached hydrogen (secondary N) is 1. The van der Waals surface area contributed by atoms with E-state index in [2.05, 4.69) is 49.7 Å². The highest BCUT2D eigenvalue weighted by molar-refractivity contribution is 5.22. The number of nitrogens with zero attached hydrogens (tertiary/aromatic N) is 2. The second kappa shape index (κ2) is 5.31. The first kappa shape index (κ1) is 12.2. The Morgan fingerprint density at radius 2 is 1.93 bits per heavy atom. The Bertz CT molecular complexity index is 315. The highest BCUT2D eigenvalue weighted by Crippen LogP contribution is 2.11. The molecule has 0 aromatic carbocycles. The lowest BCUT2D eigenvalue weighted by atomic mass is 10.2. The lowest BCUT2D eigenvalue weighted by Crippen LogP contribution is -2.33. The van der Waals surface area contributed by atoms with E-state index < -0.39 is 0 Å². The zero-order valence-corrected chi connectivity index (χ0v) is 10.6. The minimum atomic E-state index is 0.535. The molecule has 1 atom stereocenters. The van der Waals surface area contributed by atoms with Crippen molar-refractivity contribution in [1.29, 1.82) is 0 Å². The minimum Gasteiger partial charge on any atom is -0.312 e. The van der Waals surface area contributed by atoms with Crippen LogP contribution in [0.3, 0.4) is 0 Å². The van der Waals surface area contributed by atoms with E-state index in [0.29, 0.717) is 6.04 Å². The molecule has 1 N–H and O–H groups in total. The molecule has 0 amide bonds. The molecule has 0 aliphatic heterocycles. The molecule has 1 unspecified atom stereocenters. The first-order valence-electron chi connectivity index (χ1n) is 5.84. The van der Waals surface area contributed by atoms with Crippen LogP contribution in [-0.2, 0) is 6.54 Å². The van der Waals surface area contributed by atoms with E-state index in [0.717, 1.165) is 25.2 Å². The van der Waals surface area contributed by atoms with Gasteiger partial charge in [-0.3, -0.25) is 4.68 Å². The summed E-state index contributed by atoms with van der Waals surface area (Å²) in [7, 11) is 0. The molecule has 1 rings (SSSR count). The molecule has 86 valence electrons. The van der Waals surface area contributed by atoms with Gasteiger partial charge in [-0.1, -0.05) is 13.8 Å². The highest BCUT2D eigenvalue weighted by atomic mass is 15.3. The summed E-state index contributed by atoms with van der Waals surface area (Å²) < 4.78 is 2.13. The van der Waals surface area contributed by atoms with Crippen LogP contribution in [0.4, 0.5) is 0 Å². The van der Waals surface area contributed by atoms with Crippen LogP contribution in [0.25, 0.3) is 0 Å². The third-order valence-corrected chi connectivity index (χ3v) is 3.12. The van der Waals surface area contributed by atoms with Crippen LogP contribution in [-0.4, -0.2) is 22.4 Å². The second-order valence-electron chi connectivity index (χ2n) is 4.14. The van der Waals surface area contributed by atoms with Crippen LogP contribution in [0.15, 0.2) is 0 Å². The van der Waals surface area contributed by atoms with Gasteiger partial charge in [-0.25, -0.2) is 0 Å². The summed E-state index contributed by atoms with van der Waals surface area (Å²) in [4.78, 5) is 0. The normalized spacial score (nSPS) is 13.1. The van der Waals surface area contributed by atoms with Crippen LogP contribution in [0, 0.1) is 20.8 Å². The molecule has 3 nitrogen and oxygen atoms in total. The molecule has 0 aliphatic carbocycles. The fraction of sp³-hybridized carbons (Fsp3) is 0.750. The third-order valence-electron chi connectivity index (χ3n) is 3.12. The smallest absolute Gasteiger partial charge is 0.0625 e. The summed E-state index contributed by atoms with van der Waals surface area (Å²) in [5.74, 6) is 0. The van der Waals surface area contributed by atoms with E-state index in [4.69, 9.17) is 0 Å². The zero-order valence-electron chi connectivity index (χ0n) is 10.6. The van der Waals surface area contributed by atoms with Crippen molar-refractivity contribution in [2.75, 3.05) is 6.54 Å². The standard InChI is InChI=1S/C12H23N3/c1-6-12(13-7-2)8-15-11(5)9(3)10(4)14-15/h12-13H,6-8H2,1-5H3. The lowest BCUT2D eigenvalue weighted by Gasteiger charge is -2.16. The predicted octanol–water partition coefficient (Wildman–Crippen LogP) is 2.20. The first-order valence-corrected chi connectivity index (χ1v) is 5.84. The maximum atomic E-state index is 4.56. The summed E-state index contributed by atoms with van der Waals surface area (Å²) in [5, 5.41) is 8.03. The molecule has 15 heavy (non-hydrogen) atoms. The van der Waals surface area contributed by atoms with Crippen LogP contribution < -0.4 is 5.32 Å². The molecule has 1 heterocycles. The summed E-state index contributed by atoms with van der Waals surface area (Å²) >= 11 is 0. The van der Waals surface area contributed by atoms with E-state index in [1.165, 1.54) is 11.3 Å². The fourth-order valence-corrected chi connectivity index (χ4v) is 1.80. The predicted molar refractivity (Wildman–Crippen MR) is 64.2 cm³/mol. The maximum absolute atomic E-state index is 4.56. The average Bonchev–Trinajstić information content (AvgIpc) is 2.46. The molecule has 1 aromatic rings. The van der Waals surface area contributed by atoms with E-state index in [1.807, 2.05) is 0 Å². The Balaban J connectivity index is 2.74. The van der Waals surface area contributed by atoms with Crippen molar-refractivity contribution in [3.8, 4) is 0 Å². The number of rotatable bonds is 5. The van der Waals surface area contributed by atoms with E-state index in [9.17, 15) is 0 Å². The van der Waals surface area contributed by atoms with Crippen LogP contribution >= 0.6 is 0 Å². The van der Waals surface area contributed by atoms with Crippen molar-refractivity contribution in [3.63, 3.8) is 0 Å². The molecular weight excluding hydrogens is 186 g/mol. The Hall–Kier alpha value is -0.830.